The van der Waals surface area contributed by atoms with Crippen molar-refractivity contribution < 1.29 is 9.50 Å². The lowest BCUT2D eigenvalue weighted by Crippen LogP contribution is -2.28. The summed E-state index contributed by atoms with van der Waals surface area (Å²) >= 11 is 0. The molecule has 0 spiro atoms. The molecule has 0 amide bonds. The zero-order valence-corrected chi connectivity index (χ0v) is 10.7. The van der Waals surface area contributed by atoms with Gasteiger partial charge in [0.1, 0.15) is 5.82 Å². The maximum Gasteiger partial charge on any atom is 0.131 e. The number of anilines is 1. The number of rotatable bonds is 2. The summed E-state index contributed by atoms with van der Waals surface area (Å²) in [6, 6.07) is 5.44. The Hall–Kier alpha value is -1.09. The van der Waals surface area contributed by atoms with E-state index in [0.717, 1.165) is 18.7 Å². The minimum atomic E-state index is -0.769. The van der Waals surface area contributed by atoms with Crippen LogP contribution in [0.3, 0.4) is 0 Å². The predicted octanol–water partition coefficient (Wildman–Crippen LogP) is 3.11. The molecular formula is C14H20FNO. The van der Waals surface area contributed by atoms with E-state index in [1.54, 1.807) is 13.0 Å². The van der Waals surface area contributed by atoms with Crippen LogP contribution in [0, 0.1) is 11.7 Å². The molecule has 1 saturated heterocycles. The Balaban J connectivity index is 2.41. The van der Waals surface area contributed by atoms with Gasteiger partial charge >= 0.3 is 0 Å². The molecule has 2 unspecified atom stereocenters. The van der Waals surface area contributed by atoms with E-state index < -0.39 is 6.10 Å². The van der Waals surface area contributed by atoms with E-state index >= 15 is 0 Å². The molecule has 0 saturated carbocycles. The highest BCUT2D eigenvalue weighted by Crippen LogP contribution is 2.35. The Kier molecular flexibility index (Phi) is 3.38. The van der Waals surface area contributed by atoms with Gasteiger partial charge in [-0.3, -0.25) is 0 Å². The molecule has 1 N–H and O–H groups in total. The molecule has 17 heavy (non-hydrogen) atoms. The van der Waals surface area contributed by atoms with Crippen molar-refractivity contribution in [2.45, 2.75) is 39.3 Å². The monoisotopic (exact) mass is 237 g/mol. The van der Waals surface area contributed by atoms with Crippen molar-refractivity contribution in [3.05, 3.63) is 29.6 Å². The Morgan fingerprint density at radius 2 is 2.12 bits per heavy atom. The molecule has 1 aromatic carbocycles. The quantitative estimate of drug-likeness (QED) is 0.854. The molecule has 0 aromatic heterocycles. The van der Waals surface area contributed by atoms with E-state index in [9.17, 15) is 9.50 Å². The minimum absolute atomic E-state index is 0.316. The van der Waals surface area contributed by atoms with Crippen molar-refractivity contribution in [3.63, 3.8) is 0 Å². The van der Waals surface area contributed by atoms with E-state index in [2.05, 4.69) is 18.7 Å². The minimum Gasteiger partial charge on any atom is -0.389 e. The smallest absolute Gasteiger partial charge is 0.131 e. The van der Waals surface area contributed by atoms with Gasteiger partial charge in [0, 0.05) is 23.8 Å². The summed E-state index contributed by atoms with van der Waals surface area (Å²) in [5.74, 6) is 0.305. The van der Waals surface area contributed by atoms with Gasteiger partial charge in [-0.1, -0.05) is 13.0 Å². The van der Waals surface area contributed by atoms with Crippen LogP contribution < -0.4 is 4.90 Å². The molecule has 0 radical (unpaired) electrons. The van der Waals surface area contributed by atoms with Crippen LogP contribution in [0.4, 0.5) is 10.1 Å². The van der Waals surface area contributed by atoms with Crippen LogP contribution in [-0.4, -0.2) is 17.7 Å². The lowest BCUT2D eigenvalue weighted by atomic mass is 10.1. The third-order valence-electron chi connectivity index (χ3n) is 3.54. The summed E-state index contributed by atoms with van der Waals surface area (Å²) < 4.78 is 13.8. The van der Waals surface area contributed by atoms with Crippen molar-refractivity contribution >= 4 is 5.69 Å². The van der Waals surface area contributed by atoms with Crippen molar-refractivity contribution in [1.82, 2.24) is 0 Å². The largest absolute Gasteiger partial charge is 0.389 e. The first-order valence-electron chi connectivity index (χ1n) is 6.23. The summed E-state index contributed by atoms with van der Waals surface area (Å²) in [5.41, 5.74) is 1.27. The Labute approximate surface area is 102 Å². The highest BCUT2D eigenvalue weighted by Gasteiger charge is 2.29. The number of aliphatic hydroxyl groups is 1. The van der Waals surface area contributed by atoms with Crippen molar-refractivity contribution in [3.8, 4) is 0 Å². The summed E-state index contributed by atoms with van der Waals surface area (Å²) in [6.45, 7) is 6.91. The van der Waals surface area contributed by atoms with Gasteiger partial charge < -0.3 is 10.0 Å². The van der Waals surface area contributed by atoms with E-state index in [1.807, 2.05) is 6.07 Å². The molecule has 1 aliphatic heterocycles. The topological polar surface area (TPSA) is 23.5 Å². The summed E-state index contributed by atoms with van der Waals surface area (Å²) in [6.07, 6.45) is 0.352. The molecular weight excluding hydrogens is 217 g/mol. The second-order valence-electron chi connectivity index (χ2n) is 5.19. The lowest BCUT2D eigenvalue weighted by Gasteiger charge is -2.27. The Morgan fingerprint density at radius 3 is 2.65 bits per heavy atom. The average molecular weight is 237 g/mol. The molecule has 94 valence electrons. The molecule has 1 heterocycles. The number of aliphatic hydroxyl groups excluding tert-OH is 1. The molecule has 0 aliphatic carbocycles. The van der Waals surface area contributed by atoms with Gasteiger partial charge in [0.2, 0.25) is 0 Å². The molecule has 3 atom stereocenters. The second kappa shape index (κ2) is 4.65. The molecule has 1 aromatic rings. The molecule has 2 nitrogen and oxygen atoms in total. The SMILES string of the molecule is CC1CC(C)N(c2cccc(F)c2[C@H](C)O)C1. The van der Waals surface area contributed by atoms with Crippen LogP contribution in [-0.2, 0) is 0 Å². The summed E-state index contributed by atoms with van der Waals surface area (Å²) in [7, 11) is 0. The van der Waals surface area contributed by atoms with Crippen molar-refractivity contribution in [1.29, 1.82) is 0 Å². The first-order chi connectivity index (χ1) is 8.00. The van der Waals surface area contributed by atoms with Gasteiger partial charge in [-0.2, -0.15) is 0 Å². The number of halogens is 1. The van der Waals surface area contributed by atoms with Crippen molar-refractivity contribution in [2.75, 3.05) is 11.4 Å². The van der Waals surface area contributed by atoms with Gasteiger partial charge in [0.15, 0.2) is 0 Å². The predicted molar refractivity (Wildman–Crippen MR) is 67.6 cm³/mol. The standard InChI is InChI=1S/C14H20FNO/c1-9-7-10(2)16(8-9)13-6-4-5-12(15)14(13)11(3)17/h4-6,9-11,17H,7-8H2,1-3H3/t9?,10?,11-/m0/s1. The number of benzene rings is 1. The Bertz CT molecular complexity index is 405. The number of hydrogen-bond donors (Lipinski definition) is 1. The van der Waals surface area contributed by atoms with Crippen LogP contribution in [0.15, 0.2) is 18.2 Å². The molecule has 0 bridgehead atoms. The maximum atomic E-state index is 13.8. The number of nitrogens with zero attached hydrogens (tertiary/aromatic N) is 1. The van der Waals surface area contributed by atoms with E-state index in [0.29, 0.717) is 17.5 Å². The summed E-state index contributed by atoms with van der Waals surface area (Å²) in [4.78, 5) is 2.20. The van der Waals surface area contributed by atoms with Crippen LogP contribution in [0.25, 0.3) is 0 Å². The van der Waals surface area contributed by atoms with Gasteiger partial charge in [0.05, 0.1) is 6.10 Å². The normalized spacial score (nSPS) is 26.3. The Morgan fingerprint density at radius 1 is 1.41 bits per heavy atom. The van der Waals surface area contributed by atoms with Crippen LogP contribution in [0.1, 0.15) is 38.9 Å². The van der Waals surface area contributed by atoms with Crippen LogP contribution >= 0.6 is 0 Å². The fourth-order valence-corrected chi connectivity index (χ4v) is 2.83. The fraction of sp³-hybridized carbons (Fsp3) is 0.571. The third kappa shape index (κ3) is 2.29. The first kappa shape index (κ1) is 12.4. The van der Waals surface area contributed by atoms with E-state index in [4.69, 9.17) is 0 Å². The molecule has 1 aliphatic rings. The van der Waals surface area contributed by atoms with Crippen molar-refractivity contribution in [2.24, 2.45) is 5.92 Å². The molecule has 3 heteroatoms. The fourth-order valence-electron chi connectivity index (χ4n) is 2.83. The lowest BCUT2D eigenvalue weighted by molar-refractivity contribution is 0.194. The first-order valence-corrected chi connectivity index (χ1v) is 6.23. The second-order valence-corrected chi connectivity index (χ2v) is 5.19. The zero-order chi connectivity index (χ0) is 12.6. The molecule has 1 fully saturated rings. The van der Waals surface area contributed by atoms with Gasteiger partial charge in [0.25, 0.3) is 0 Å². The van der Waals surface area contributed by atoms with Gasteiger partial charge in [-0.25, -0.2) is 4.39 Å². The van der Waals surface area contributed by atoms with Crippen LogP contribution in [0.2, 0.25) is 0 Å². The maximum absolute atomic E-state index is 13.8. The average Bonchev–Trinajstić information content (AvgIpc) is 2.56. The summed E-state index contributed by atoms with van der Waals surface area (Å²) in [5, 5.41) is 9.73. The third-order valence-corrected chi connectivity index (χ3v) is 3.54. The van der Waals surface area contributed by atoms with E-state index in [-0.39, 0.29) is 5.82 Å². The zero-order valence-electron chi connectivity index (χ0n) is 10.7. The highest BCUT2D eigenvalue weighted by atomic mass is 19.1. The van der Waals surface area contributed by atoms with Crippen LogP contribution in [0.5, 0.6) is 0 Å². The van der Waals surface area contributed by atoms with E-state index in [1.165, 1.54) is 6.07 Å². The highest BCUT2D eigenvalue weighted by molar-refractivity contribution is 5.56. The number of hydrogen-bond acceptors (Lipinski definition) is 2. The van der Waals surface area contributed by atoms with Gasteiger partial charge in [-0.15, -0.1) is 0 Å². The molecule has 2 rings (SSSR count). The van der Waals surface area contributed by atoms with Gasteiger partial charge in [-0.05, 0) is 38.3 Å².